The molecule has 0 bridgehead atoms. The summed E-state index contributed by atoms with van der Waals surface area (Å²) in [6.45, 7) is 1.91. The normalized spacial score (nSPS) is 11.3. The van der Waals surface area contributed by atoms with E-state index in [-0.39, 0.29) is 0 Å². The molecule has 1 aromatic carbocycles. The third-order valence-electron chi connectivity index (χ3n) is 3.63. The average molecular weight is 321 g/mol. The molecule has 0 N–H and O–H groups in total. The minimum Gasteiger partial charge on any atom is -0.265 e. The van der Waals surface area contributed by atoms with Crippen molar-refractivity contribution in [3.8, 4) is 0 Å². The van der Waals surface area contributed by atoms with Crippen LogP contribution in [0.5, 0.6) is 0 Å². The Bertz CT molecular complexity index is 965. The van der Waals surface area contributed by atoms with Gasteiger partial charge in [-0.05, 0) is 43.2 Å². The van der Waals surface area contributed by atoms with Crippen molar-refractivity contribution < 1.29 is 0 Å². The van der Waals surface area contributed by atoms with Crippen molar-refractivity contribution in [1.82, 2.24) is 24.6 Å². The summed E-state index contributed by atoms with van der Waals surface area (Å²) in [7, 11) is 0. The first-order chi connectivity index (χ1) is 11.3. The molecule has 3 aromatic heterocycles. The van der Waals surface area contributed by atoms with Gasteiger partial charge in [0.1, 0.15) is 5.82 Å². The third kappa shape index (κ3) is 2.77. The number of para-hydroxylation sites is 1. The van der Waals surface area contributed by atoms with Gasteiger partial charge in [0.05, 0.1) is 5.52 Å². The van der Waals surface area contributed by atoms with Gasteiger partial charge in [-0.3, -0.25) is 4.98 Å². The highest BCUT2D eigenvalue weighted by atomic mass is 32.2. The van der Waals surface area contributed by atoms with E-state index in [1.165, 1.54) is 5.56 Å². The molecule has 0 saturated heterocycles. The average Bonchev–Trinajstić information content (AvgIpc) is 2.98. The van der Waals surface area contributed by atoms with Crippen molar-refractivity contribution in [1.29, 1.82) is 0 Å². The Kier molecular flexibility index (Phi) is 3.67. The van der Waals surface area contributed by atoms with Gasteiger partial charge >= 0.3 is 0 Å². The monoisotopic (exact) mass is 321 g/mol. The number of aryl methyl sites for hydroxylation is 2. The number of pyridine rings is 1. The molecule has 4 aromatic rings. The summed E-state index contributed by atoms with van der Waals surface area (Å²) in [5, 5.41) is 6.42. The summed E-state index contributed by atoms with van der Waals surface area (Å²) in [4.78, 5) is 13.4. The van der Waals surface area contributed by atoms with Gasteiger partial charge in [0.15, 0.2) is 10.8 Å². The van der Waals surface area contributed by atoms with Gasteiger partial charge in [0, 0.05) is 23.5 Å². The number of fused-ring (bicyclic) bond motifs is 3. The van der Waals surface area contributed by atoms with Crippen LogP contribution in [0.2, 0.25) is 0 Å². The van der Waals surface area contributed by atoms with E-state index < -0.39 is 0 Å². The first-order valence-electron chi connectivity index (χ1n) is 7.45. The Hall–Kier alpha value is -2.47. The second kappa shape index (κ2) is 5.96. The van der Waals surface area contributed by atoms with Gasteiger partial charge < -0.3 is 0 Å². The Morgan fingerprint density at radius 1 is 1.04 bits per heavy atom. The fraction of sp³-hybridized carbons (Fsp3) is 0.176. The number of benzene rings is 1. The zero-order chi connectivity index (χ0) is 15.6. The smallest absolute Gasteiger partial charge is 0.191 e. The highest BCUT2D eigenvalue weighted by molar-refractivity contribution is 7.99. The van der Waals surface area contributed by atoms with Gasteiger partial charge in [-0.2, -0.15) is 4.52 Å². The number of hydrogen-bond acceptors (Lipinski definition) is 5. The van der Waals surface area contributed by atoms with Crippen LogP contribution in [0.4, 0.5) is 0 Å². The molecule has 6 heteroatoms. The first-order valence-corrected chi connectivity index (χ1v) is 8.43. The summed E-state index contributed by atoms with van der Waals surface area (Å²) >= 11 is 1.70. The van der Waals surface area contributed by atoms with Crippen LogP contribution in [0.3, 0.4) is 0 Å². The van der Waals surface area contributed by atoms with Crippen LogP contribution in [0.25, 0.3) is 16.6 Å². The third-order valence-corrected chi connectivity index (χ3v) is 4.56. The molecule has 0 spiro atoms. The molecule has 0 aliphatic rings. The maximum absolute atomic E-state index is 4.76. The quantitative estimate of drug-likeness (QED) is 0.426. The molecular formula is C17H15N5S. The molecule has 0 atom stereocenters. The molecule has 114 valence electrons. The number of aromatic nitrogens is 5. The molecule has 5 nitrogen and oxygen atoms in total. The Labute approximate surface area is 137 Å². The first kappa shape index (κ1) is 14.1. The predicted molar refractivity (Wildman–Crippen MR) is 91.7 cm³/mol. The van der Waals surface area contributed by atoms with Gasteiger partial charge in [-0.25, -0.2) is 9.97 Å². The van der Waals surface area contributed by atoms with E-state index in [0.717, 1.165) is 39.7 Å². The van der Waals surface area contributed by atoms with Crippen molar-refractivity contribution in [2.75, 3.05) is 5.75 Å². The van der Waals surface area contributed by atoms with Crippen LogP contribution in [0.1, 0.15) is 11.4 Å². The van der Waals surface area contributed by atoms with E-state index >= 15 is 0 Å². The number of nitrogens with zero attached hydrogens (tertiary/aromatic N) is 5. The largest absolute Gasteiger partial charge is 0.265 e. The number of hydrogen-bond donors (Lipinski definition) is 0. The predicted octanol–water partition coefficient (Wildman–Crippen LogP) is 3.32. The van der Waals surface area contributed by atoms with Crippen molar-refractivity contribution in [3.05, 3.63) is 60.2 Å². The van der Waals surface area contributed by atoms with Gasteiger partial charge in [0.2, 0.25) is 0 Å². The molecule has 0 fully saturated rings. The molecule has 23 heavy (non-hydrogen) atoms. The van der Waals surface area contributed by atoms with Crippen molar-refractivity contribution in [3.63, 3.8) is 0 Å². The van der Waals surface area contributed by atoms with Crippen LogP contribution in [0, 0.1) is 6.92 Å². The standard InChI is InChI=1S/C17H15N5S/c1-12-19-16-14-4-2-3-5-15(14)20-17(22(16)21-12)23-11-8-13-6-9-18-10-7-13/h2-7,9-10H,8,11H2,1H3. The molecule has 0 aliphatic carbocycles. The van der Waals surface area contributed by atoms with Crippen LogP contribution in [-0.4, -0.2) is 30.3 Å². The van der Waals surface area contributed by atoms with Crippen LogP contribution in [-0.2, 0) is 6.42 Å². The molecule has 0 amide bonds. The number of rotatable bonds is 4. The lowest BCUT2D eigenvalue weighted by Gasteiger charge is -2.06. The molecule has 0 unspecified atom stereocenters. The number of thioether (sulfide) groups is 1. The van der Waals surface area contributed by atoms with E-state index in [1.807, 2.05) is 60.2 Å². The summed E-state index contributed by atoms with van der Waals surface area (Å²) in [6, 6.07) is 12.2. The second-order valence-electron chi connectivity index (χ2n) is 5.26. The summed E-state index contributed by atoms with van der Waals surface area (Å²) in [5.41, 5.74) is 3.11. The maximum atomic E-state index is 4.76. The molecular weight excluding hydrogens is 306 g/mol. The van der Waals surface area contributed by atoms with Gasteiger partial charge in [0.25, 0.3) is 0 Å². The second-order valence-corrected chi connectivity index (χ2v) is 6.32. The lowest BCUT2D eigenvalue weighted by atomic mass is 10.2. The Balaban J connectivity index is 1.68. The fourth-order valence-corrected chi connectivity index (χ4v) is 3.47. The van der Waals surface area contributed by atoms with Crippen molar-refractivity contribution >= 4 is 28.3 Å². The molecule has 4 rings (SSSR count). The van der Waals surface area contributed by atoms with E-state index in [0.29, 0.717) is 0 Å². The summed E-state index contributed by atoms with van der Waals surface area (Å²) in [5.74, 6) is 1.70. The van der Waals surface area contributed by atoms with E-state index in [1.54, 1.807) is 11.8 Å². The Morgan fingerprint density at radius 3 is 2.74 bits per heavy atom. The van der Waals surface area contributed by atoms with E-state index in [2.05, 4.69) is 15.1 Å². The maximum Gasteiger partial charge on any atom is 0.191 e. The zero-order valence-corrected chi connectivity index (χ0v) is 13.5. The van der Waals surface area contributed by atoms with Gasteiger partial charge in [-0.15, -0.1) is 5.10 Å². The Morgan fingerprint density at radius 2 is 1.87 bits per heavy atom. The lowest BCUT2D eigenvalue weighted by Crippen LogP contribution is -1.99. The molecule has 0 radical (unpaired) electrons. The summed E-state index contributed by atoms with van der Waals surface area (Å²) < 4.78 is 1.86. The van der Waals surface area contributed by atoms with E-state index in [9.17, 15) is 0 Å². The van der Waals surface area contributed by atoms with Crippen LogP contribution < -0.4 is 0 Å². The zero-order valence-electron chi connectivity index (χ0n) is 12.7. The van der Waals surface area contributed by atoms with E-state index in [4.69, 9.17) is 4.98 Å². The molecule has 3 heterocycles. The molecule has 0 aliphatic heterocycles. The minimum absolute atomic E-state index is 0.763. The minimum atomic E-state index is 0.763. The van der Waals surface area contributed by atoms with Crippen molar-refractivity contribution in [2.45, 2.75) is 18.5 Å². The highest BCUT2D eigenvalue weighted by Crippen LogP contribution is 2.24. The van der Waals surface area contributed by atoms with Crippen molar-refractivity contribution in [2.24, 2.45) is 0 Å². The SMILES string of the molecule is Cc1nc2c3ccccc3nc(SCCc3ccncc3)n2n1. The molecule has 0 saturated carbocycles. The fourth-order valence-electron chi connectivity index (χ4n) is 2.54. The lowest BCUT2D eigenvalue weighted by molar-refractivity contribution is 0.796. The topological polar surface area (TPSA) is 56.0 Å². The highest BCUT2D eigenvalue weighted by Gasteiger charge is 2.11. The summed E-state index contributed by atoms with van der Waals surface area (Å²) in [6.07, 6.45) is 4.62. The van der Waals surface area contributed by atoms with Crippen LogP contribution >= 0.6 is 11.8 Å². The van der Waals surface area contributed by atoms with Gasteiger partial charge in [-0.1, -0.05) is 23.9 Å². The van der Waals surface area contributed by atoms with Crippen LogP contribution in [0.15, 0.2) is 53.9 Å².